The Morgan fingerprint density at radius 3 is 1.31 bits per heavy atom. The molecule has 0 aliphatic carbocycles. The van der Waals surface area contributed by atoms with Crippen LogP contribution in [-0.4, -0.2) is 38.0 Å². The van der Waals surface area contributed by atoms with Crippen LogP contribution in [0.1, 0.15) is 13.8 Å². The van der Waals surface area contributed by atoms with Crippen molar-refractivity contribution < 1.29 is 9.59 Å². The zero-order valence-electron chi connectivity index (χ0n) is 18.6. The molecule has 0 fully saturated rings. The largest absolute Gasteiger partial charge is 0.383 e. The zero-order chi connectivity index (χ0) is 23.3. The van der Waals surface area contributed by atoms with Crippen molar-refractivity contribution in [2.24, 2.45) is 10.2 Å². The highest BCUT2D eigenvalue weighted by Crippen LogP contribution is 2.21. The number of anilines is 2. The Balaban J connectivity index is 1.74. The molecular formula is C24H30N6O2. The van der Waals surface area contributed by atoms with Crippen molar-refractivity contribution >= 4 is 34.6 Å². The molecule has 32 heavy (non-hydrogen) atoms. The summed E-state index contributed by atoms with van der Waals surface area (Å²) in [6, 6.07) is 15.1. The van der Waals surface area contributed by atoms with E-state index in [0.29, 0.717) is 37.3 Å². The number of hydrogen-bond acceptors (Lipinski definition) is 6. The topological polar surface area (TPSA) is 107 Å². The number of rotatable bonds is 12. The van der Waals surface area contributed by atoms with Gasteiger partial charge in [-0.15, -0.1) is 0 Å². The van der Waals surface area contributed by atoms with E-state index in [1.807, 2.05) is 48.5 Å². The minimum absolute atomic E-state index is 0.140. The van der Waals surface area contributed by atoms with Crippen LogP contribution in [0.4, 0.5) is 22.7 Å². The van der Waals surface area contributed by atoms with Crippen LogP contribution < -0.4 is 21.3 Å². The summed E-state index contributed by atoms with van der Waals surface area (Å²) in [5.41, 5.74) is 4.33. The van der Waals surface area contributed by atoms with Gasteiger partial charge in [-0.05, 0) is 62.4 Å². The van der Waals surface area contributed by atoms with Crippen LogP contribution in [-0.2, 0) is 9.59 Å². The third-order valence-electron chi connectivity index (χ3n) is 4.27. The highest BCUT2D eigenvalue weighted by Gasteiger charge is 2.01. The van der Waals surface area contributed by atoms with E-state index in [-0.39, 0.29) is 11.8 Å². The van der Waals surface area contributed by atoms with Crippen molar-refractivity contribution in [3.8, 4) is 0 Å². The van der Waals surface area contributed by atoms with Crippen LogP contribution in [0.2, 0.25) is 0 Å². The van der Waals surface area contributed by atoms with Crippen LogP contribution in [0.3, 0.4) is 0 Å². The maximum absolute atomic E-state index is 11.4. The van der Waals surface area contributed by atoms with E-state index in [4.69, 9.17) is 0 Å². The number of amides is 2. The predicted molar refractivity (Wildman–Crippen MR) is 130 cm³/mol. The van der Waals surface area contributed by atoms with E-state index in [1.165, 1.54) is 0 Å². The molecule has 168 valence electrons. The Morgan fingerprint density at radius 1 is 0.656 bits per heavy atom. The van der Waals surface area contributed by atoms with Gasteiger partial charge < -0.3 is 21.3 Å². The molecule has 0 aromatic heterocycles. The lowest BCUT2D eigenvalue weighted by molar-refractivity contribution is -0.118. The first-order valence-electron chi connectivity index (χ1n) is 10.3. The number of hydrogen-bond donors (Lipinski definition) is 4. The van der Waals surface area contributed by atoms with Gasteiger partial charge >= 0.3 is 0 Å². The van der Waals surface area contributed by atoms with Crippen LogP contribution in [0.5, 0.6) is 0 Å². The van der Waals surface area contributed by atoms with Gasteiger partial charge in [0.1, 0.15) is 0 Å². The number of carbonyl (C=O) groups is 2. The predicted octanol–water partition coefficient (Wildman–Crippen LogP) is 4.31. The fourth-order valence-electron chi connectivity index (χ4n) is 2.47. The van der Waals surface area contributed by atoms with Gasteiger partial charge in [0.25, 0.3) is 0 Å². The van der Waals surface area contributed by atoms with Crippen LogP contribution >= 0.6 is 0 Å². The summed E-state index contributed by atoms with van der Waals surface area (Å²) in [6.45, 7) is 12.8. The van der Waals surface area contributed by atoms with Crippen LogP contribution in [0.25, 0.3) is 0 Å². The molecule has 0 saturated heterocycles. The molecule has 0 saturated carbocycles. The van der Waals surface area contributed by atoms with E-state index < -0.39 is 0 Å². The van der Waals surface area contributed by atoms with Gasteiger partial charge in [0.2, 0.25) is 11.8 Å². The molecule has 2 aromatic rings. The van der Waals surface area contributed by atoms with Gasteiger partial charge in [0, 0.05) is 48.7 Å². The molecule has 2 aromatic carbocycles. The minimum Gasteiger partial charge on any atom is -0.383 e. The van der Waals surface area contributed by atoms with Gasteiger partial charge in [-0.1, -0.05) is 13.2 Å². The molecule has 4 N–H and O–H groups in total. The van der Waals surface area contributed by atoms with Gasteiger partial charge in [-0.25, -0.2) is 0 Å². The molecule has 0 heterocycles. The van der Waals surface area contributed by atoms with Crippen molar-refractivity contribution in [2.75, 3.05) is 36.8 Å². The molecule has 0 unspecified atom stereocenters. The zero-order valence-corrected chi connectivity index (χ0v) is 18.6. The average Bonchev–Trinajstić information content (AvgIpc) is 2.79. The quantitative estimate of drug-likeness (QED) is 0.227. The van der Waals surface area contributed by atoms with Crippen molar-refractivity contribution in [1.29, 1.82) is 0 Å². The summed E-state index contributed by atoms with van der Waals surface area (Å²) >= 11 is 0. The van der Waals surface area contributed by atoms with E-state index in [1.54, 1.807) is 13.8 Å². The Kier molecular flexibility index (Phi) is 9.65. The molecular weight excluding hydrogens is 404 g/mol. The third-order valence-corrected chi connectivity index (χ3v) is 4.27. The Morgan fingerprint density at radius 2 is 1.00 bits per heavy atom. The average molecular weight is 435 g/mol. The summed E-state index contributed by atoms with van der Waals surface area (Å²) in [5, 5.41) is 20.5. The van der Waals surface area contributed by atoms with Crippen molar-refractivity contribution in [3.63, 3.8) is 0 Å². The molecule has 0 spiro atoms. The van der Waals surface area contributed by atoms with E-state index in [9.17, 15) is 9.59 Å². The molecule has 0 aliphatic rings. The van der Waals surface area contributed by atoms with Gasteiger partial charge in [0.05, 0.1) is 11.4 Å². The molecule has 0 atom stereocenters. The summed E-state index contributed by atoms with van der Waals surface area (Å²) in [6.07, 6.45) is 0. The second-order valence-corrected chi connectivity index (χ2v) is 7.22. The number of nitrogens with one attached hydrogen (secondary N) is 4. The highest BCUT2D eigenvalue weighted by atomic mass is 16.2. The molecule has 2 amide bonds. The Labute approximate surface area is 188 Å². The smallest absolute Gasteiger partial charge is 0.246 e. The lowest BCUT2D eigenvalue weighted by Crippen LogP contribution is -2.28. The molecule has 0 radical (unpaired) electrons. The van der Waals surface area contributed by atoms with Crippen molar-refractivity contribution in [1.82, 2.24) is 10.6 Å². The fraction of sp³-hybridized carbons (Fsp3) is 0.250. The SMILES string of the molecule is C=C(C)C(=O)NCCNc1ccc(N=Nc2ccc(NCCNC(=O)C(=C)C)cc2)cc1. The minimum atomic E-state index is -0.140. The van der Waals surface area contributed by atoms with Crippen LogP contribution in [0.15, 0.2) is 83.1 Å². The second-order valence-electron chi connectivity index (χ2n) is 7.22. The Hall–Kier alpha value is -3.94. The first kappa shape index (κ1) is 24.3. The van der Waals surface area contributed by atoms with Crippen molar-refractivity contribution in [3.05, 3.63) is 72.8 Å². The summed E-state index contributed by atoms with van der Waals surface area (Å²) < 4.78 is 0. The first-order chi connectivity index (χ1) is 15.3. The summed E-state index contributed by atoms with van der Waals surface area (Å²) in [5.74, 6) is -0.281. The van der Waals surface area contributed by atoms with Crippen LogP contribution in [0, 0.1) is 0 Å². The number of azo groups is 1. The first-order valence-corrected chi connectivity index (χ1v) is 10.3. The monoisotopic (exact) mass is 434 g/mol. The number of benzene rings is 2. The van der Waals surface area contributed by atoms with Crippen molar-refractivity contribution in [2.45, 2.75) is 13.8 Å². The second kappa shape index (κ2) is 12.7. The molecule has 8 heteroatoms. The fourth-order valence-corrected chi connectivity index (χ4v) is 2.47. The molecule has 0 bridgehead atoms. The van der Waals surface area contributed by atoms with Gasteiger partial charge in [-0.3, -0.25) is 9.59 Å². The number of nitrogens with zero attached hydrogens (tertiary/aromatic N) is 2. The van der Waals surface area contributed by atoms with E-state index in [0.717, 1.165) is 22.7 Å². The van der Waals surface area contributed by atoms with Gasteiger partial charge in [-0.2, -0.15) is 10.2 Å². The highest BCUT2D eigenvalue weighted by molar-refractivity contribution is 5.92. The summed E-state index contributed by atoms with van der Waals surface area (Å²) in [7, 11) is 0. The van der Waals surface area contributed by atoms with E-state index >= 15 is 0 Å². The molecule has 0 aliphatic heterocycles. The van der Waals surface area contributed by atoms with Gasteiger partial charge in [0.15, 0.2) is 0 Å². The Bertz CT molecular complexity index is 885. The standard InChI is InChI=1S/C24H30N6O2/c1-17(2)23(31)27-15-13-25-19-5-9-21(10-6-19)29-30-22-11-7-20(8-12-22)26-14-16-28-24(32)18(3)4/h5-12,25-26H,1,3,13-16H2,2,4H3,(H,27,31)(H,28,32). The lowest BCUT2D eigenvalue weighted by atomic mass is 10.3. The summed E-state index contributed by atoms with van der Waals surface area (Å²) in [4.78, 5) is 22.9. The lowest BCUT2D eigenvalue weighted by Gasteiger charge is -2.08. The maximum atomic E-state index is 11.4. The third kappa shape index (κ3) is 8.83. The normalized spacial score (nSPS) is 10.4. The maximum Gasteiger partial charge on any atom is 0.246 e. The molecule has 2 rings (SSSR count). The van der Waals surface area contributed by atoms with E-state index in [2.05, 4.69) is 44.7 Å². The number of carbonyl (C=O) groups excluding carboxylic acids is 2. The molecule has 8 nitrogen and oxygen atoms in total.